The van der Waals surface area contributed by atoms with E-state index in [4.69, 9.17) is 0 Å². The van der Waals surface area contributed by atoms with Crippen LogP contribution in [0.1, 0.15) is 43.1 Å². The molecule has 0 aliphatic rings. The summed E-state index contributed by atoms with van der Waals surface area (Å²) in [4.78, 5) is 22.2. The third kappa shape index (κ3) is 3.93. The molecule has 1 aromatic carbocycles. The number of carbonyl (C=O) groups excluding carboxylic acids is 2. The molecule has 0 spiro atoms. The van der Waals surface area contributed by atoms with Crippen LogP contribution in [0.2, 0.25) is 0 Å². The van der Waals surface area contributed by atoms with Crippen molar-refractivity contribution in [2.24, 2.45) is 0 Å². The van der Waals surface area contributed by atoms with Crippen LogP contribution in [0.25, 0.3) is 0 Å². The lowest BCUT2D eigenvalue weighted by Crippen LogP contribution is -2.24. The van der Waals surface area contributed by atoms with Crippen molar-refractivity contribution in [2.45, 2.75) is 32.8 Å². The highest BCUT2D eigenvalue weighted by molar-refractivity contribution is 5.91. The summed E-state index contributed by atoms with van der Waals surface area (Å²) in [7, 11) is 0. The summed E-state index contributed by atoms with van der Waals surface area (Å²) in [6, 6.07) is 6.59. The zero-order valence-corrected chi connectivity index (χ0v) is 10.9. The Hall–Kier alpha value is -1.74. The molecule has 0 heterocycles. The Morgan fingerprint density at radius 3 is 2.28 bits per heavy atom. The maximum atomic E-state index is 11.7. The van der Waals surface area contributed by atoms with Gasteiger partial charge in [0, 0.05) is 12.0 Å². The van der Waals surface area contributed by atoms with Crippen LogP contribution in [-0.4, -0.2) is 17.2 Å². The molecule has 0 fully saturated rings. The lowest BCUT2D eigenvalue weighted by atomic mass is 9.90. The number of aldehydes is 1. The van der Waals surface area contributed by atoms with E-state index >= 15 is 0 Å². The number of carbonyl (C=O) groups is 2. The molecule has 1 N–H and O–H groups in total. The number of allylic oxidation sites excluding steroid dienone is 2. The van der Waals surface area contributed by atoms with Crippen molar-refractivity contribution in [1.82, 2.24) is 0 Å². The molecule has 0 unspecified atom stereocenters. The molecule has 1 atom stereocenters. The normalized spacial score (nSPS) is 13.6. The number of hydrogen-bond acceptors (Lipinski definition) is 3. The van der Waals surface area contributed by atoms with Gasteiger partial charge in [0.25, 0.3) is 0 Å². The number of benzene rings is 1. The van der Waals surface area contributed by atoms with Crippen LogP contribution in [0.15, 0.2) is 35.9 Å². The molecule has 0 aliphatic carbocycles. The zero-order chi connectivity index (χ0) is 13.8. The smallest absolute Gasteiger partial charge is 0.158 e. The van der Waals surface area contributed by atoms with Crippen molar-refractivity contribution in [2.75, 3.05) is 0 Å². The summed E-state index contributed by atoms with van der Waals surface area (Å²) in [5.74, 6) is -0.112. The number of rotatable bonds is 5. The Balaban J connectivity index is 2.88. The number of aliphatic hydroxyl groups is 1. The number of hydrogen-bond donors (Lipinski definition) is 1. The van der Waals surface area contributed by atoms with Crippen molar-refractivity contribution in [3.63, 3.8) is 0 Å². The maximum absolute atomic E-state index is 11.7. The second-order valence-corrected chi connectivity index (χ2v) is 4.88. The Morgan fingerprint density at radius 1 is 1.28 bits per heavy atom. The minimum atomic E-state index is -1.22. The molecule has 96 valence electrons. The molecule has 3 nitrogen and oxygen atoms in total. The van der Waals surface area contributed by atoms with Crippen LogP contribution in [-0.2, 0) is 10.4 Å². The van der Waals surface area contributed by atoms with Crippen molar-refractivity contribution in [3.8, 4) is 0 Å². The van der Waals surface area contributed by atoms with Gasteiger partial charge in [0.05, 0.1) is 5.60 Å². The van der Waals surface area contributed by atoms with Crippen LogP contribution in [0.4, 0.5) is 0 Å². The van der Waals surface area contributed by atoms with E-state index in [1.807, 2.05) is 13.8 Å². The molecule has 0 saturated heterocycles. The van der Waals surface area contributed by atoms with Gasteiger partial charge in [0.2, 0.25) is 0 Å². The average molecular weight is 246 g/mol. The summed E-state index contributed by atoms with van der Waals surface area (Å²) in [5.41, 5.74) is 0.866. The van der Waals surface area contributed by atoms with Gasteiger partial charge in [-0.25, -0.2) is 0 Å². The molecule has 18 heavy (non-hydrogen) atoms. The van der Waals surface area contributed by atoms with E-state index in [2.05, 4.69) is 0 Å². The second-order valence-electron chi connectivity index (χ2n) is 4.88. The predicted molar refractivity (Wildman–Crippen MR) is 70.5 cm³/mol. The minimum absolute atomic E-state index is 0.0264. The SMILES string of the molecule is CC(C)=CC(=O)C[C@@](C)(O)c1ccc(C=O)cc1. The summed E-state index contributed by atoms with van der Waals surface area (Å²) >= 11 is 0. The van der Waals surface area contributed by atoms with Gasteiger partial charge in [-0.3, -0.25) is 9.59 Å². The van der Waals surface area contributed by atoms with E-state index in [-0.39, 0.29) is 12.2 Å². The van der Waals surface area contributed by atoms with Crippen molar-refractivity contribution < 1.29 is 14.7 Å². The van der Waals surface area contributed by atoms with Gasteiger partial charge in [-0.05, 0) is 32.4 Å². The zero-order valence-electron chi connectivity index (χ0n) is 10.9. The second kappa shape index (κ2) is 5.74. The highest BCUT2D eigenvalue weighted by Gasteiger charge is 2.25. The molecule has 0 bridgehead atoms. The highest BCUT2D eigenvalue weighted by Crippen LogP contribution is 2.25. The van der Waals surface area contributed by atoms with Gasteiger partial charge < -0.3 is 5.11 Å². The maximum Gasteiger partial charge on any atom is 0.158 e. The first kappa shape index (κ1) is 14.3. The molecule has 0 radical (unpaired) electrons. The van der Waals surface area contributed by atoms with Crippen LogP contribution in [0, 0.1) is 0 Å². The lowest BCUT2D eigenvalue weighted by molar-refractivity contribution is -0.119. The summed E-state index contributed by atoms with van der Waals surface area (Å²) < 4.78 is 0. The third-order valence-corrected chi connectivity index (χ3v) is 2.64. The van der Waals surface area contributed by atoms with E-state index < -0.39 is 5.60 Å². The van der Waals surface area contributed by atoms with E-state index in [9.17, 15) is 14.7 Å². The van der Waals surface area contributed by atoms with Gasteiger partial charge in [-0.15, -0.1) is 0 Å². The minimum Gasteiger partial charge on any atom is -0.385 e. The largest absolute Gasteiger partial charge is 0.385 e. The summed E-state index contributed by atoms with van der Waals surface area (Å²) in [6.45, 7) is 5.27. The number of ketones is 1. The first-order valence-corrected chi connectivity index (χ1v) is 5.81. The van der Waals surface area contributed by atoms with Crippen LogP contribution < -0.4 is 0 Å². The van der Waals surface area contributed by atoms with Crippen molar-refractivity contribution in [1.29, 1.82) is 0 Å². The van der Waals surface area contributed by atoms with E-state index in [1.54, 1.807) is 31.2 Å². The molecule has 0 amide bonds. The molecule has 1 aromatic rings. The Bertz CT molecular complexity index is 463. The Labute approximate surface area is 107 Å². The van der Waals surface area contributed by atoms with Gasteiger partial charge in [0.15, 0.2) is 5.78 Å². The molecular weight excluding hydrogens is 228 g/mol. The standard InChI is InChI=1S/C15H18O3/c1-11(2)8-14(17)9-15(3,18)13-6-4-12(10-16)5-7-13/h4-8,10,18H,9H2,1-3H3/t15-/m1/s1. The topological polar surface area (TPSA) is 54.4 Å². The fourth-order valence-electron chi connectivity index (χ4n) is 1.74. The molecule has 0 saturated carbocycles. The fraction of sp³-hybridized carbons (Fsp3) is 0.333. The summed E-state index contributed by atoms with van der Waals surface area (Å²) in [6.07, 6.45) is 2.29. The fourth-order valence-corrected chi connectivity index (χ4v) is 1.74. The third-order valence-electron chi connectivity index (χ3n) is 2.64. The van der Waals surface area contributed by atoms with Crippen molar-refractivity contribution in [3.05, 3.63) is 47.0 Å². The van der Waals surface area contributed by atoms with Crippen LogP contribution in [0.3, 0.4) is 0 Å². The quantitative estimate of drug-likeness (QED) is 0.642. The molecule has 0 aliphatic heterocycles. The summed E-state index contributed by atoms with van der Waals surface area (Å²) in [5, 5.41) is 10.3. The van der Waals surface area contributed by atoms with Crippen LogP contribution in [0.5, 0.6) is 0 Å². The van der Waals surface area contributed by atoms with E-state index in [0.717, 1.165) is 11.9 Å². The Morgan fingerprint density at radius 2 is 1.83 bits per heavy atom. The van der Waals surface area contributed by atoms with E-state index in [0.29, 0.717) is 11.1 Å². The van der Waals surface area contributed by atoms with Gasteiger partial charge in [-0.1, -0.05) is 29.8 Å². The van der Waals surface area contributed by atoms with Crippen LogP contribution >= 0.6 is 0 Å². The molecular formula is C15H18O3. The lowest BCUT2D eigenvalue weighted by Gasteiger charge is -2.22. The van der Waals surface area contributed by atoms with Gasteiger partial charge in [-0.2, -0.15) is 0 Å². The molecule has 0 aromatic heterocycles. The van der Waals surface area contributed by atoms with Gasteiger partial charge >= 0.3 is 0 Å². The molecule has 3 heteroatoms. The first-order valence-electron chi connectivity index (χ1n) is 5.81. The highest BCUT2D eigenvalue weighted by atomic mass is 16.3. The molecule has 1 rings (SSSR count). The Kier molecular flexibility index (Phi) is 4.56. The van der Waals surface area contributed by atoms with Gasteiger partial charge in [0.1, 0.15) is 6.29 Å². The average Bonchev–Trinajstić information content (AvgIpc) is 2.27. The monoisotopic (exact) mass is 246 g/mol. The first-order chi connectivity index (χ1) is 8.35. The van der Waals surface area contributed by atoms with Crippen molar-refractivity contribution >= 4 is 12.1 Å². The predicted octanol–water partition coefficient (Wildman–Crippen LogP) is 2.63. The van der Waals surface area contributed by atoms with E-state index in [1.165, 1.54) is 6.08 Å².